The second-order valence-electron chi connectivity index (χ2n) is 5.98. The van der Waals surface area contributed by atoms with E-state index in [1.807, 2.05) is 13.8 Å². The molecular weight excluding hydrogens is 390 g/mol. The van der Waals surface area contributed by atoms with Gasteiger partial charge in [-0.25, -0.2) is 9.78 Å². The second kappa shape index (κ2) is 8.79. The van der Waals surface area contributed by atoms with Gasteiger partial charge in [-0.15, -0.1) is 0 Å². The third-order valence-corrected chi connectivity index (χ3v) is 4.45. The summed E-state index contributed by atoms with van der Waals surface area (Å²) in [5, 5.41) is 11.3. The molecule has 28 heavy (non-hydrogen) atoms. The number of aryl methyl sites for hydroxylation is 1. The normalized spacial score (nSPS) is 11.6. The fourth-order valence-electron chi connectivity index (χ4n) is 2.77. The number of rotatable bonds is 7. The number of hydrogen-bond acceptors (Lipinski definition) is 9. The number of esters is 1. The summed E-state index contributed by atoms with van der Waals surface area (Å²) < 4.78 is 10.2. The molecule has 0 radical (unpaired) electrons. The Morgan fingerprint density at radius 2 is 2.00 bits per heavy atom. The van der Waals surface area contributed by atoms with Crippen LogP contribution >= 0.6 is 11.6 Å². The van der Waals surface area contributed by atoms with Crippen LogP contribution in [0.2, 0.25) is 5.28 Å². The highest BCUT2D eigenvalue weighted by atomic mass is 35.5. The Morgan fingerprint density at radius 3 is 2.57 bits per heavy atom. The third-order valence-electron chi connectivity index (χ3n) is 4.27. The first-order valence-electron chi connectivity index (χ1n) is 8.21. The predicted octanol–water partition coefficient (Wildman–Crippen LogP) is 2.63. The lowest BCUT2D eigenvalue weighted by atomic mass is 10.1. The van der Waals surface area contributed by atoms with Crippen molar-refractivity contribution in [3.8, 4) is 5.75 Å². The highest BCUT2D eigenvalue weighted by Crippen LogP contribution is 2.31. The number of halogens is 1. The van der Waals surface area contributed by atoms with Crippen molar-refractivity contribution >= 4 is 29.1 Å². The smallest absolute Gasteiger partial charge is 0.329 e. The molecule has 0 saturated heterocycles. The third kappa shape index (κ3) is 4.28. The summed E-state index contributed by atoms with van der Waals surface area (Å²) in [7, 11) is 2.78. The maximum Gasteiger partial charge on any atom is 0.329 e. The average molecular weight is 410 g/mol. The van der Waals surface area contributed by atoms with Crippen molar-refractivity contribution in [2.75, 3.05) is 19.1 Å². The summed E-state index contributed by atoms with van der Waals surface area (Å²) in [6.07, 6.45) is 2.63. The van der Waals surface area contributed by atoms with Crippen LogP contribution in [0.5, 0.6) is 5.75 Å². The molecule has 2 rings (SSSR count). The van der Waals surface area contributed by atoms with Crippen LogP contribution in [0.4, 0.5) is 11.5 Å². The van der Waals surface area contributed by atoms with Crippen LogP contribution in [0.25, 0.3) is 0 Å². The standard InChI is InChI=1S/C17H20ClN5O5/c1-9-6-19-12(10(2)14(9)27-4)8-22(11(3)16(24)28-5)15-13(23(25)26)7-20-17(18)21-15/h6-7,11H,8H2,1-5H3/t11-/m0/s1. The lowest BCUT2D eigenvalue weighted by molar-refractivity contribution is -0.384. The highest BCUT2D eigenvalue weighted by Gasteiger charge is 2.31. The summed E-state index contributed by atoms with van der Waals surface area (Å²) in [5.41, 5.74) is 1.75. The maximum absolute atomic E-state index is 12.2. The number of hydrogen-bond donors (Lipinski definition) is 0. The Balaban J connectivity index is 2.62. The van der Waals surface area contributed by atoms with E-state index in [2.05, 4.69) is 15.0 Å². The Morgan fingerprint density at radius 1 is 1.32 bits per heavy atom. The molecule has 0 unspecified atom stereocenters. The van der Waals surface area contributed by atoms with Crippen LogP contribution in [-0.4, -0.2) is 46.1 Å². The van der Waals surface area contributed by atoms with E-state index >= 15 is 0 Å². The number of carbonyl (C=O) groups excluding carboxylic acids is 1. The Hall–Kier alpha value is -3.01. The molecule has 0 aliphatic heterocycles. The molecular formula is C17H20ClN5O5. The van der Waals surface area contributed by atoms with Crippen molar-refractivity contribution in [1.82, 2.24) is 15.0 Å². The molecule has 0 aromatic carbocycles. The summed E-state index contributed by atoms with van der Waals surface area (Å²) in [4.78, 5) is 36.5. The van der Waals surface area contributed by atoms with Crippen LogP contribution in [0.15, 0.2) is 12.4 Å². The SMILES string of the molecule is COC(=O)[C@H](C)N(Cc1ncc(C)c(OC)c1C)c1nc(Cl)ncc1[N+](=O)[O-]. The number of aromatic nitrogens is 3. The van der Waals surface area contributed by atoms with Gasteiger partial charge in [0.2, 0.25) is 11.1 Å². The van der Waals surface area contributed by atoms with Crippen LogP contribution in [0, 0.1) is 24.0 Å². The van der Waals surface area contributed by atoms with Crippen molar-refractivity contribution in [1.29, 1.82) is 0 Å². The molecule has 10 nitrogen and oxygen atoms in total. The topological polar surface area (TPSA) is 121 Å². The molecule has 0 bridgehead atoms. The van der Waals surface area contributed by atoms with Gasteiger partial charge in [-0.05, 0) is 32.4 Å². The minimum Gasteiger partial charge on any atom is -0.496 e. The van der Waals surface area contributed by atoms with Gasteiger partial charge >= 0.3 is 11.7 Å². The van der Waals surface area contributed by atoms with Gasteiger partial charge in [-0.1, -0.05) is 0 Å². The van der Waals surface area contributed by atoms with Gasteiger partial charge in [0.25, 0.3) is 0 Å². The van der Waals surface area contributed by atoms with Crippen molar-refractivity contribution in [2.45, 2.75) is 33.4 Å². The monoisotopic (exact) mass is 409 g/mol. The van der Waals surface area contributed by atoms with Crippen molar-refractivity contribution < 1.29 is 19.2 Å². The van der Waals surface area contributed by atoms with E-state index in [9.17, 15) is 14.9 Å². The number of nitro groups is 1. The van der Waals surface area contributed by atoms with Crippen LogP contribution in [0.1, 0.15) is 23.7 Å². The van der Waals surface area contributed by atoms with Gasteiger partial charge in [0.05, 0.1) is 31.4 Å². The Bertz CT molecular complexity index is 908. The molecule has 2 aromatic heterocycles. The van der Waals surface area contributed by atoms with E-state index in [-0.39, 0.29) is 17.6 Å². The summed E-state index contributed by atoms with van der Waals surface area (Å²) >= 11 is 5.86. The number of methoxy groups -OCH3 is 2. The van der Waals surface area contributed by atoms with Gasteiger partial charge in [0, 0.05) is 17.3 Å². The van der Waals surface area contributed by atoms with Crippen LogP contribution in [0.3, 0.4) is 0 Å². The first-order valence-corrected chi connectivity index (χ1v) is 8.59. The zero-order chi connectivity index (χ0) is 21.0. The molecule has 1 atom stereocenters. The first kappa shape index (κ1) is 21.3. The van der Waals surface area contributed by atoms with Gasteiger partial charge in [-0.2, -0.15) is 4.98 Å². The van der Waals surface area contributed by atoms with Gasteiger partial charge in [0.15, 0.2) is 0 Å². The zero-order valence-corrected chi connectivity index (χ0v) is 16.9. The molecule has 150 valence electrons. The maximum atomic E-state index is 12.2. The summed E-state index contributed by atoms with van der Waals surface area (Å²) in [6, 6.07) is -0.900. The van der Waals surface area contributed by atoms with Crippen LogP contribution < -0.4 is 9.64 Å². The Labute approximate surface area is 166 Å². The molecule has 0 amide bonds. The van der Waals surface area contributed by atoms with Gasteiger partial charge in [-0.3, -0.25) is 15.1 Å². The number of anilines is 1. The minimum atomic E-state index is -0.900. The van der Waals surface area contributed by atoms with E-state index in [4.69, 9.17) is 21.1 Å². The van der Waals surface area contributed by atoms with E-state index in [0.29, 0.717) is 11.4 Å². The molecule has 0 N–H and O–H groups in total. The second-order valence-corrected chi connectivity index (χ2v) is 6.32. The van der Waals surface area contributed by atoms with Gasteiger partial charge in [0.1, 0.15) is 18.0 Å². The number of nitrogens with zero attached hydrogens (tertiary/aromatic N) is 5. The largest absolute Gasteiger partial charge is 0.496 e. The van der Waals surface area contributed by atoms with Crippen molar-refractivity contribution in [3.05, 3.63) is 44.6 Å². The predicted molar refractivity (Wildman–Crippen MR) is 102 cm³/mol. The number of pyridine rings is 1. The van der Waals surface area contributed by atoms with E-state index in [0.717, 1.165) is 17.3 Å². The molecule has 0 saturated carbocycles. The summed E-state index contributed by atoms with van der Waals surface area (Å²) in [5.74, 6) is -0.0599. The zero-order valence-electron chi connectivity index (χ0n) is 16.1. The molecule has 2 heterocycles. The quantitative estimate of drug-likeness (QED) is 0.294. The summed E-state index contributed by atoms with van der Waals surface area (Å²) in [6.45, 7) is 5.25. The number of carbonyl (C=O) groups is 1. The van der Waals surface area contributed by atoms with Crippen molar-refractivity contribution in [2.24, 2.45) is 0 Å². The fraction of sp³-hybridized carbons (Fsp3) is 0.412. The number of ether oxygens (including phenoxy) is 2. The molecule has 0 fully saturated rings. The van der Waals surface area contributed by atoms with Gasteiger partial charge < -0.3 is 14.4 Å². The van der Waals surface area contributed by atoms with Crippen molar-refractivity contribution in [3.63, 3.8) is 0 Å². The van der Waals surface area contributed by atoms with E-state index in [1.165, 1.54) is 12.0 Å². The van der Waals surface area contributed by atoms with Crippen LogP contribution in [-0.2, 0) is 16.1 Å². The molecule has 0 spiro atoms. The minimum absolute atomic E-state index is 0.0346. The average Bonchev–Trinajstić information content (AvgIpc) is 2.66. The Kier molecular flexibility index (Phi) is 6.68. The molecule has 0 aliphatic rings. The molecule has 2 aromatic rings. The molecule has 11 heteroatoms. The van der Waals surface area contributed by atoms with E-state index < -0.39 is 22.6 Å². The highest BCUT2D eigenvalue weighted by molar-refractivity contribution is 6.28. The lowest BCUT2D eigenvalue weighted by Crippen LogP contribution is -2.40. The molecule has 0 aliphatic carbocycles. The first-order chi connectivity index (χ1) is 13.2. The fourth-order valence-corrected chi connectivity index (χ4v) is 2.90. The van der Waals surface area contributed by atoms with E-state index in [1.54, 1.807) is 20.2 Å². The lowest BCUT2D eigenvalue weighted by Gasteiger charge is -2.28.